The lowest BCUT2D eigenvalue weighted by atomic mass is 9.95. The second kappa shape index (κ2) is 15.0. The standard InChI is InChI=1S/C58H38N2OS/c1-4-16-42(17-5-1)59(45-33-29-39(30-34-45)41-32-36-56-52(37-41)48-22-10-11-28-55(48)62-56)46-35-31-40-15-12-23-47(51(40)38-46)49-24-13-25-50-57-53(26-14-27-54(57)61-58(49)50)60(43-18-6-2-7-19-43)44-20-8-3-9-21-44/h1-38H. The van der Waals surface area contributed by atoms with E-state index in [1.165, 1.54) is 36.7 Å². The maximum Gasteiger partial charge on any atom is 0.143 e. The predicted octanol–water partition coefficient (Wildman–Crippen LogP) is 17.4. The number of furan rings is 1. The van der Waals surface area contributed by atoms with Gasteiger partial charge in [-0.25, -0.2) is 0 Å². The van der Waals surface area contributed by atoms with Gasteiger partial charge >= 0.3 is 0 Å². The van der Waals surface area contributed by atoms with Crippen LogP contribution in [0, 0.1) is 0 Å². The van der Waals surface area contributed by atoms with E-state index < -0.39 is 0 Å². The topological polar surface area (TPSA) is 19.6 Å². The highest BCUT2D eigenvalue weighted by Gasteiger charge is 2.22. The Morgan fingerprint density at radius 1 is 0.339 bits per heavy atom. The van der Waals surface area contributed by atoms with Gasteiger partial charge in [-0.1, -0.05) is 140 Å². The molecule has 0 bridgehead atoms. The number of anilines is 6. The monoisotopic (exact) mass is 810 g/mol. The minimum atomic E-state index is 0.852. The largest absolute Gasteiger partial charge is 0.455 e. The van der Waals surface area contributed by atoms with Crippen LogP contribution in [0.3, 0.4) is 0 Å². The van der Waals surface area contributed by atoms with Crippen LogP contribution in [0.2, 0.25) is 0 Å². The van der Waals surface area contributed by atoms with Crippen LogP contribution < -0.4 is 9.80 Å². The lowest BCUT2D eigenvalue weighted by Crippen LogP contribution is -2.09. The molecule has 0 aliphatic rings. The molecule has 2 aromatic heterocycles. The van der Waals surface area contributed by atoms with Gasteiger partial charge in [-0.05, 0) is 118 Å². The van der Waals surface area contributed by atoms with E-state index in [1.54, 1.807) is 0 Å². The fourth-order valence-corrected chi connectivity index (χ4v) is 10.3. The minimum Gasteiger partial charge on any atom is -0.455 e. The summed E-state index contributed by atoms with van der Waals surface area (Å²) < 4.78 is 9.56. The molecule has 0 N–H and O–H groups in total. The Balaban J connectivity index is 0.978. The van der Waals surface area contributed by atoms with E-state index >= 15 is 0 Å². The smallest absolute Gasteiger partial charge is 0.143 e. The van der Waals surface area contributed by atoms with Crippen molar-refractivity contribution in [3.8, 4) is 22.3 Å². The van der Waals surface area contributed by atoms with E-state index in [-0.39, 0.29) is 0 Å². The maximum atomic E-state index is 6.92. The quantitative estimate of drug-likeness (QED) is 0.152. The van der Waals surface area contributed by atoms with Gasteiger partial charge in [-0.2, -0.15) is 0 Å². The van der Waals surface area contributed by atoms with Crippen molar-refractivity contribution in [2.24, 2.45) is 0 Å². The summed E-state index contributed by atoms with van der Waals surface area (Å²) in [7, 11) is 0. The van der Waals surface area contributed by atoms with Gasteiger partial charge in [-0.3, -0.25) is 0 Å². The van der Waals surface area contributed by atoms with Gasteiger partial charge in [-0.15, -0.1) is 11.3 Å². The Labute approximate surface area is 363 Å². The lowest BCUT2D eigenvalue weighted by Gasteiger charge is -2.26. The van der Waals surface area contributed by atoms with Crippen LogP contribution in [0.15, 0.2) is 235 Å². The third-order valence-electron chi connectivity index (χ3n) is 12.0. The van der Waals surface area contributed by atoms with Gasteiger partial charge < -0.3 is 14.2 Å². The van der Waals surface area contributed by atoms with E-state index in [0.717, 1.165) is 72.6 Å². The molecule has 0 spiro atoms. The second-order valence-corrected chi connectivity index (χ2v) is 16.8. The molecule has 62 heavy (non-hydrogen) atoms. The van der Waals surface area contributed by atoms with Crippen LogP contribution in [0.25, 0.3) is 75.1 Å². The number of fused-ring (bicyclic) bond motifs is 7. The zero-order valence-corrected chi connectivity index (χ0v) is 34.5. The van der Waals surface area contributed by atoms with Crippen LogP contribution >= 0.6 is 11.3 Å². The molecule has 0 radical (unpaired) electrons. The zero-order chi connectivity index (χ0) is 41.0. The van der Waals surface area contributed by atoms with Crippen molar-refractivity contribution in [2.75, 3.05) is 9.80 Å². The van der Waals surface area contributed by atoms with Crippen molar-refractivity contribution in [3.63, 3.8) is 0 Å². The summed E-state index contributed by atoms with van der Waals surface area (Å²) in [6.45, 7) is 0. The molecular weight excluding hydrogens is 773 g/mol. The van der Waals surface area contributed by atoms with Gasteiger partial charge in [0, 0.05) is 59.6 Å². The molecule has 0 saturated heterocycles. The lowest BCUT2D eigenvalue weighted by molar-refractivity contribution is 0.670. The third kappa shape index (κ3) is 6.11. The summed E-state index contributed by atoms with van der Waals surface area (Å²) in [5.41, 5.74) is 12.8. The van der Waals surface area contributed by atoms with Gasteiger partial charge in [0.15, 0.2) is 0 Å². The summed E-state index contributed by atoms with van der Waals surface area (Å²) in [4.78, 5) is 4.67. The summed E-state index contributed by atoms with van der Waals surface area (Å²) in [6, 6.07) is 82.6. The Hall–Kier alpha value is -7.92. The average Bonchev–Trinajstić information content (AvgIpc) is 3.92. The Morgan fingerprint density at radius 2 is 0.919 bits per heavy atom. The van der Waals surface area contributed by atoms with Gasteiger partial charge in [0.1, 0.15) is 11.2 Å². The number of hydrogen-bond acceptors (Lipinski definition) is 4. The number of nitrogens with zero attached hydrogens (tertiary/aromatic N) is 2. The van der Waals surface area contributed by atoms with E-state index in [4.69, 9.17) is 4.42 Å². The summed E-state index contributed by atoms with van der Waals surface area (Å²) in [5.74, 6) is 0. The first kappa shape index (κ1) is 36.0. The van der Waals surface area contributed by atoms with Crippen molar-refractivity contribution in [2.45, 2.75) is 0 Å². The van der Waals surface area contributed by atoms with Gasteiger partial charge in [0.25, 0.3) is 0 Å². The Kier molecular flexibility index (Phi) is 8.68. The highest BCUT2D eigenvalue weighted by Crippen LogP contribution is 2.46. The molecule has 0 fully saturated rings. The average molecular weight is 811 g/mol. The molecule has 0 aliphatic heterocycles. The number of benzene rings is 10. The van der Waals surface area contributed by atoms with E-state index in [0.29, 0.717) is 0 Å². The van der Waals surface area contributed by atoms with Crippen molar-refractivity contribution in [1.29, 1.82) is 0 Å². The summed E-state index contributed by atoms with van der Waals surface area (Å²) in [6.07, 6.45) is 0. The van der Waals surface area contributed by atoms with Crippen molar-refractivity contribution in [3.05, 3.63) is 231 Å². The maximum absolute atomic E-state index is 6.92. The predicted molar refractivity (Wildman–Crippen MR) is 264 cm³/mol. The molecule has 292 valence electrons. The molecular formula is C58H38N2OS. The Morgan fingerprint density at radius 3 is 1.68 bits per heavy atom. The normalized spacial score (nSPS) is 11.5. The first-order valence-electron chi connectivity index (χ1n) is 21.0. The van der Waals surface area contributed by atoms with Crippen molar-refractivity contribution >= 4 is 98.3 Å². The van der Waals surface area contributed by atoms with Crippen LogP contribution in [0.5, 0.6) is 0 Å². The molecule has 4 heteroatoms. The molecule has 2 heterocycles. The minimum absolute atomic E-state index is 0.852. The molecule has 3 nitrogen and oxygen atoms in total. The highest BCUT2D eigenvalue weighted by molar-refractivity contribution is 7.25. The summed E-state index contributed by atoms with van der Waals surface area (Å²) >= 11 is 1.85. The van der Waals surface area contributed by atoms with Crippen molar-refractivity contribution < 1.29 is 4.42 Å². The van der Waals surface area contributed by atoms with Gasteiger partial charge in [0.05, 0.1) is 11.1 Å². The molecule has 10 aromatic carbocycles. The molecule has 12 rings (SSSR count). The first-order chi connectivity index (χ1) is 30.7. The van der Waals surface area contributed by atoms with Crippen LogP contribution in [-0.4, -0.2) is 0 Å². The summed E-state index contributed by atoms with van der Waals surface area (Å²) in [5, 5.41) is 7.11. The molecule has 0 saturated carbocycles. The fourth-order valence-electron chi connectivity index (χ4n) is 9.18. The molecule has 0 unspecified atom stereocenters. The third-order valence-corrected chi connectivity index (χ3v) is 13.2. The second-order valence-electron chi connectivity index (χ2n) is 15.7. The molecule has 0 atom stereocenters. The fraction of sp³-hybridized carbons (Fsp3) is 0. The van der Waals surface area contributed by atoms with Crippen LogP contribution in [0.4, 0.5) is 34.1 Å². The Bertz CT molecular complexity index is 3540. The number of rotatable bonds is 8. The van der Waals surface area contributed by atoms with Crippen molar-refractivity contribution in [1.82, 2.24) is 0 Å². The van der Waals surface area contributed by atoms with Crippen LogP contribution in [0.1, 0.15) is 0 Å². The van der Waals surface area contributed by atoms with Crippen LogP contribution in [-0.2, 0) is 0 Å². The molecule has 12 aromatic rings. The molecule has 0 aliphatic carbocycles. The highest BCUT2D eigenvalue weighted by atomic mass is 32.1. The van der Waals surface area contributed by atoms with Gasteiger partial charge in [0.2, 0.25) is 0 Å². The first-order valence-corrected chi connectivity index (χ1v) is 21.8. The number of para-hydroxylation sites is 4. The number of thiophene rings is 1. The SMILES string of the molecule is c1ccc(N(c2ccc(-c3ccc4sc5ccccc5c4c3)cc2)c2ccc3cccc(-c4cccc5c4oc4cccc(N(c6ccccc6)c6ccccc6)c45)c3c2)cc1. The van der Waals surface area contributed by atoms with E-state index in [9.17, 15) is 0 Å². The van der Waals surface area contributed by atoms with E-state index in [2.05, 4.69) is 240 Å². The van der Waals surface area contributed by atoms with E-state index in [1.807, 2.05) is 11.3 Å². The molecule has 0 amide bonds. The zero-order valence-electron chi connectivity index (χ0n) is 33.7. The number of hydrogen-bond donors (Lipinski definition) is 0.